The Balaban J connectivity index is 1.98. The topological polar surface area (TPSA) is 39.7 Å². The first-order chi connectivity index (χ1) is 9.86. The van der Waals surface area contributed by atoms with Crippen molar-refractivity contribution in [3.05, 3.63) is 29.8 Å². The van der Waals surface area contributed by atoms with Gasteiger partial charge in [0.25, 0.3) is 0 Å². The Morgan fingerprint density at radius 3 is 2.20 bits per heavy atom. The fourth-order valence-electron chi connectivity index (χ4n) is 1.81. The molecule has 0 atom stereocenters. The summed E-state index contributed by atoms with van der Waals surface area (Å²) in [4.78, 5) is 0. The van der Waals surface area contributed by atoms with Crippen LogP contribution in [-0.2, 0) is 20.6 Å². The zero-order valence-corrected chi connectivity index (χ0v) is 12.7. The van der Waals surface area contributed by atoms with Gasteiger partial charge in [-0.3, -0.25) is 0 Å². The predicted octanol–water partition coefficient (Wildman–Crippen LogP) is 2.73. The summed E-state index contributed by atoms with van der Waals surface area (Å²) in [7, 11) is 1.67. The molecule has 1 rings (SSSR count). The average molecular weight is 281 g/mol. The zero-order chi connectivity index (χ0) is 14.5. The minimum Gasteiger partial charge on any atom is -0.383 e. The molecule has 0 radical (unpaired) electrons. The smallest absolute Gasteiger partial charge is 0.0701 e. The number of rotatable bonds is 12. The molecule has 0 saturated heterocycles. The molecule has 0 fully saturated rings. The van der Waals surface area contributed by atoms with Crippen LogP contribution in [0.4, 0.5) is 5.69 Å². The maximum absolute atomic E-state index is 5.47. The van der Waals surface area contributed by atoms with E-state index in [0.29, 0.717) is 33.0 Å². The minimum absolute atomic E-state index is 0.620. The summed E-state index contributed by atoms with van der Waals surface area (Å²) in [6.07, 6.45) is 2.33. The summed E-state index contributed by atoms with van der Waals surface area (Å²) in [6.45, 7) is 6.20. The van der Waals surface area contributed by atoms with Crippen molar-refractivity contribution in [2.75, 3.05) is 52.0 Å². The van der Waals surface area contributed by atoms with E-state index in [0.717, 1.165) is 18.7 Å². The van der Waals surface area contributed by atoms with E-state index >= 15 is 0 Å². The second-order valence-electron chi connectivity index (χ2n) is 4.59. The molecule has 0 aliphatic rings. The van der Waals surface area contributed by atoms with Crippen LogP contribution in [0.25, 0.3) is 0 Å². The number of ether oxygens (including phenoxy) is 3. The minimum atomic E-state index is 0.620. The highest BCUT2D eigenvalue weighted by molar-refractivity contribution is 5.44. The maximum atomic E-state index is 5.47. The van der Waals surface area contributed by atoms with E-state index in [2.05, 4.69) is 36.5 Å². The normalized spacial score (nSPS) is 10.7. The molecular weight excluding hydrogens is 254 g/mol. The van der Waals surface area contributed by atoms with Gasteiger partial charge in [0, 0.05) is 19.3 Å². The number of methoxy groups -OCH3 is 1. The van der Waals surface area contributed by atoms with Gasteiger partial charge in [-0.2, -0.15) is 0 Å². The Hall–Kier alpha value is -1.10. The number of hydrogen-bond acceptors (Lipinski definition) is 4. The number of benzene rings is 1. The molecule has 0 unspecified atom stereocenters. The number of hydrogen-bond donors (Lipinski definition) is 1. The van der Waals surface area contributed by atoms with E-state index in [-0.39, 0.29) is 0 Å². The van der Waals surface area contributed by atoms with Gasteiger partial charge in [-0.1, -0.05) is 25.5 Å². The molecule has 0 amide bonds. The van der Waals surface area contributed by atoms with Crippen LogP contribution in [0, 0.1) is 0 Å². The third-order valence-corrected chi connectivity index (χ3v) is 2.87. The van der Waals surface area contributed by atoms with Gasteiger partial charge in [-0.15, -0.1) is 0 Å². The van der Waals surface area contributed by atoms with Crippen molar-refractivity contribution in [2.45, 2.75) is 19.8 Å². The Labute approximate surface area is 122 Å². The van der Waals surface area contributed by atoms with E-state index in [4.69, 9.17) is 14.2 Å². The maximum Gasteiger partial charge on any atom is 0.0701 e. The van der Waals surface area contributed by atoms with Crippen LogP contribution in [-0.4, -0.2) is 46.7 Å². The van der Waals surface area contributed by atoms with Crippen LogP contribution in [0.2, 0.25) is 0 Å². The molecule has 0 aliphatic carbocycles. The van der Waals surface area contributed by atoms with Crippen molar-refractivity contribution in [1.82, 2.24) is 0 Å². The van der Waals surface area contributed by atoms with Gasteiger partial charge in [0.2, 0.25) is 0 Å². The molecule has 20 heavy (non-hydrogen) atoms. The van der Waals surface area contributed by atoms with Gasteiger partial charge in [0.1, 0.15) is 0 Å². The Morgan fingerprint density at radius 1 is 0.900 bits per heavy atom. The highest BCUT2D eigenvalue weighted by atomic mass is 16.5. The fourth-order valence-corrected chi connectivity index (χ4v) is 1.81. The third-order valence-electron chi connectivity index (χ3n) is 2.87. The first kappa shape index (κ1) is 17.0. The van der Waals surface area contributed by atoms with Crippen LogP contribution in [0.3, 0.4) is 0 Å². The van der Waals surface area contributed by atoms with E-state index in [1.165, 1.54) is 12.0 Å². The predicted molar refractivity (Wildman–Crippen MR) is 82.4 cm³/mol. The van der Waals surface area contributed by atoms with Crippen LogP contribution in [0.15, 0.2) is 24.3 Å². The standard InChI is InChI=1S/C16H27NO3/c1-3-4-15-5-7-16(8-6-15)17-9-10-19-13-14-20-12-11-18-2/h5-8,17H,3-4,9-14H2,1-2H3. The quantitative estimate of drug-likeness (QED) is 0.598. The van der Waals surface area contributed by atoms with Gasteiger partial charge in [0.05, 0.1) is 33.0 Å². The molecule has 0 spiro atoms. The summed E-state index contributed by atoms with van der Waals surface area (Å²) in [6, 6.07) is 8.60. The molecule has 0 bridgehead atoms. The highest BCUT2D eigenvalue weighted by Crippen LogP contribution is 2.10. The molecule has 4 nitrogen and oxygen atoms in total. The fraction of sp³-hybridized carbons (Fsp3) is 0.625. The number of nitrogens with one attached hydrogen (secondary N) is 1. The first-order valence-electron chi connectivity index (χ1n) is 7.34. The Bertz CT molecular complexity index is 327. The molecule has 114 valence electrons. The van der Waals surface area contributed by atoms with E-state index in [9.17, 15) is 0 Å². The monoisotopic (exact) mass is 281 g/mol. The second kappa shape index (κ2) is 11.7. The first-order valence-corrected chi connectivity index (χ1v) is 7.34. The molecule has 1 N–H and O–H groups in total. The van der Waals surface area contributed by atoms with Gasteiger partial charge in [0.15, 0.2) is 0 Å². The second-order valence-corrected chi connectivity index (χ2v) is 4.59. The average Bonchev–Trinajstić information content (AvgIpc) is 2.47. The lowest BCUT2D eigenvalue weighted by Gasteiger charge is -2.08. The molecular formula is C16H27NO3. The molecule has 0 aromatic heterocycles. The summed E-state index contributed by atoms with van der Waals surface area (Å²) in [5.74, 6) is 0. The van der Waals surface area contributed by atoms with Crippen molar-refractivity contribution >= 4 is 5.69 Å². The van der Waals surface area contributed by atoms with Crippen molar-refractivity contribution in [3.63, 3.8) is 0 Å². The Morgan fingerprint density at radius 2 is 1.55 bits per heavy atom. The van der Waals surface area contributed by atoms with Crippen LogP contribution in [0.1, 0.15) is 18.9 Å². The highest BCUT2D eigenvalue weighted by Gasteiger charge is 1.94. The summed E-state index contributed by atoms with van der Waals surface area (Å²) >= 11 is 0. The van der Waals surface area contributed by atoms with Crippen molar-refractivity contribution in [3.8, 4) is 0 Å². The molecule has 4 heteroatoms. The SMILES string of the molecule is CCCc1ccc(NCCOCCOCCOC)cc1. The lowest BCUT2D eigenvalue weighted by molar-refractivity contribution is 0.0272. The third kappa shape index (κ3) is 8.15. The molecule has 1 aromatic rings. The van der Waals surface area contributed by atoms with Crippen molar-refractivity contribution in [2.24, 2.45) is 0 Å². The molecule has 0 heterocycles. The summed E-state index contributed by atoms with van der Waals surface area (Å²) < 4.78 is 15.7. The molecule has 0 aliphatic heterocycles. The number of aryl methyl sites for hydroxylation is 1. The van der Waals surface area contributed by atoms with Gasteiger partial charge >= 0.3 is 0 Å². The lowest BCUT2D eigenvalue weighted by atomic mass is 10.1. The lowest BCUT2D eigenvalue weighted by Crippen LogP contribution is -2.13. The molecule has 1 aromatic carbocycles. The van der Waals surface area contributed by atoms with Crippen molar-refractivity contribution < 1.29 is 14.2 Å². The van der Waals surface area contributed by atoms with Crippen molar-refractivity contribution in [1.29, 1.82) is 0 Å². The van der Waals surface area contributed by atoms with Crippen LogP contribution < -0.4 is 5.32 Å². The Kier molecular flexibility index (Phi) is 9.92. The zero-order valence-electron chi connectivity index (χ0n) is 12.7. The van der Waals surface area contributed by atoms with Crippen LogP contribution in [0.5, 0.6) is 0 Å². The summed E-state index contributed by atoms with van der Waals surface area (Å²) in [5, 5.41) is 3.34. The van der Waals surface area contributed by atoms with E-state index < -0.39 is 0 Å². The number of anilines is 1. The van der Waals surface area contributed by atoms with Gasteiger partial charge in [-0.25, -0.2) is 0 Å². The van der Waals surface area contributed by atoms with Gasteiger partial charge in [-0.05, 0) is 24.1 Å². The van der Waals surface area contributed by atoms with Gasteiger partial charge < -0.3 is 19.5 Å². The van der Waals surface area contributed by atoms with E-state index in [1.54, 1.807) is 7.11 Å². The van der Waals surface area contributed by atoms with E-state index in [1.807, 2.05) is 0 Å². The molecule has 0 saturated carbocycles. The largest absolute Gasteiger partial charge is 0.383 e. The van der Waals surface area contributed by atoms with Crippen LogP contribution >= 0.6 is 0 Å². The summed E-state index contributed by atoms with van der Waals surface area (Å²) in [5.41, 5.74) is 2.53.